The molecule has 236 valence electrons. The SMILES string of the molecule is CCCCNC(=O)[C@@H](CC)N(Cc1ccccc1Cl)C(=O)CN(c1ccc(Oc2ccccc2)cc1)S(=O)(=O)c1ccccc1. The number of sulfonamides is 1. The van der Waals surface area contributed by atoms with Gasteiger partial charge in [-0.2, -0.15) is 0 Å². The minimum atomic E-state index is -4.19. The summed E-state index contributed by atoms with van der Waals surface area (Å²) in [7, 11) is -4.19. The highest BCUT2D eigenvalue weighted by Gasteiger charge is 2.34. The molecular weight excluding hydrogens is 610 g/mol. The first-order chi connectivity index (χ1) is 21.7. The van der Waals surface area contributed by atoms with E-state index in [1.807, 2.05) is 44.2 Å². The lowest BCUT2D eigenvalue weighted by molar-refractivity contribution is -0.140. The monoisotopic (exact) mass is 647 g/mol. The zero-order chi connectivity index (χ0) is 32.2. The Bertz CT molecular complexity index is 1650. The van der Waals surface area contributed by atoms with Crippen molar-refractivity contribution in [1.82, 2.24) is 10.2 Å². The molecule has 0 aromatic heterocycles. The van der Waals surface area contributed by atoms with Crippen LogP contribution in [0.2, 0.25) is 5.02 Å². The summed E-state index contributed by atoms with van der Waals surface area (Å²) in [5.41, 5.74) is 0.915. The van der Waals surface area contributed by atoms with E-state index >= 15 is 0 Å². The van der Waals surface area contributed by atoms with Gasteiger partial charge in [-0.05, 0) is 73.0 Å². The molecule has 0 aliphatic carbocycles. The topological polar surface area (TPSA) is 96.0 Å². The number of benzene rings is 4. The van der Waals surface area contributed by atoms with E-state index in [1.165, 1.54) is 17.0 Å². The highest BCUT2D eigenvalue weighted by molar-refractivity contribution is 7.92. The summed E-state index contributed by atoms with van der Waals surface area (Å²) in [5.74, 6) is 0.290. The summed E-state index contributed by atoms with van der Waals surface area (Å²) in [4.78, 5) is 29.0. The number of hydrogen-bond acceptors (Lipinski definition) is 5. The number of rotatable bonds is 15. The molecule has 0 saturated carbocycles. The van der Waals surface area contributed by atoms with Crippen molar-refractivity contribution in [1.29, 1.82) is 0 Å². The minimum absolute atomic E-state index is 0.0291. The molecule has 0 saturated heterocycles. The fourth-order valence-electron chi connectivity index (χ4n) is 4.79. The van der Waals surface area contributed by atoms with E-state index in [9.17, 15) is 18.0 Å². The van der Waals surface area contributed by atoms with Gasteiger partial charge in [0.05, 0.1) is 10.6 Å². The van der Waals surface area contributed by atoms with Crippen molar-refractivity contribution < 1.29 is 22.7 Å². The number of carbonyl (C=O) groups excluding carboxylic acids is 2. The van der Waals surface area contributed by atoms with Crippen LogP contribution >= 0.6 is 11.6 Å². The first-order valence-corrected chi connectivity index (χ1v) is 16.8. The summed E-state index contributed by atoms with van der Waals surface area (Å²) < 4.78 is 35.1. The molecule has 0 fully saturated rings. The Labute approximate surface area is 270 Å². The van der Waals surface area contributed by atoms with E-state index in [2.05, 4.69) is 5.32 Å². The average molecular weight is 648 g/mol. The van der Waals surface area contributed by atoms with Crippen LogP contribution in [-0.2, 0) is 26.2 Å². The predicted octanol–water partition coefficient (Wildman–Crippen LogP) is 7.05. The maximum absolute atomic E-state index is 14.2. The van der Waals surface area contributed by atoms with Gasteiger partial charge < -0.3 is 15.0 Å². The van der Waals surface area contributed by atoms with Gasteiger partial charge in [-0.1, -0.05) is 86.5 Å². The zero-order valence-corrected chi connectivity index (χ0v) is 27.0. The lowest BCUT2D eigenvalue weighted by atomic mass is 10.1. The molecule has 1 N–H and O–H groups in total. The van der Waals surface area contributed by atoms with Gasteiger partial charge in [0.15, 0.2) is 0 Å². The molecular formula is C35H38ClN3O5S. The number of unbranched alkanes of at least 4 members (excludes halogenated alkanes) is 1. The van der Waals surface area contributed by atoms with Crippen LogP contribution in [0.25, 0.3) is 0 Å². The van der Waals surface area contributed by atoms with Crippen molar-refractivity contribution in [3.63, 3.8) is 0 Å². The Balaban J connectivity index is 1.70. The van der Waals surface area contributed by atoms with Gasteiger partial charge in [0, 0.05) is 18.1 Å². The van der Waals surface area contributed by atoms with Crippen molar-refractivity contribution in [2.75, 3.05) is 17.4 Å². The first-order valence-electron chi connectivity index (χ1n) is 15.0. The number of nitrogens with zero attached hydrogens (tertiary/aromatic N) is 2. The van der Waals surface area contributed by atoms with Crippen LogP contribution in [0.1, 0.15) is 38.7 Å². The third kappa shape index (κ3) is 8.86. The molecule has 0 bridgehead atoms. The molecule has 2 amide bonds. The van der Waals surface area contributed by atoms with Crippen LogP contribution in [0.3, 0.4) is 0 Å². The molecule has 0 radical (unpaired) electrons. The second-order valence-corrected chi connectivity index (χ2v) is 12.7. The van der Waals surface area contributed by atoms with Crippen LogP contribution < -0.4 is 14.4 Å². The Morgan fingerprint density at radius 1 is 0.822 bits per heavy atom. The van der Waals surface area contributed by atoms with E-state index in [0.717, 1.165) is 17.1 Å². The predicted molar refractivity (Wildman–Crippen MR) is 178 cm³/mol. The number of nitrogens with one attached hydrogen (secondary N) is 1. The summed E-state index contributed by atoms with van der Waals surface area (Å²) in [6, 6.07) is 29.9. The van der Waals surface area contributed by atoms with Crippen LogP contribution in [0.4, 0.5) is 5.69 Å². The lowest BCUT2D eigenvalue weighted by Crippen LogP contribution is -2.52. The molecule has 0 aliphatic rings. The minimum Gasteiger partial charge on any atom is -0.457 e. The van der Waals surface area contributed by atoms with Crippen molar-refractivity contribution in [2.45, 2.75) is 50.6 Å². The highest BCUT2D eigenvalue weighted by Crippen LogP contribution is 2.29. The molecule has 4 rings (SSSR count). The smallest absolute Gasteiger partial charge is 0.264 e. The Morgan fingerprint density at radius 2 is 1.42 bits per heavy atom. The molecule has 0 spiro atoms. The second-order valence-electron chi connectivity index (χ2n) is 10.4. The molecule has 1 atom stereocenters. The van der Waals surface area contributed by atoms with E-state index in [1.54, 1.807) is 66.7 Å². The number of hydrogen-bond donors (Lipinski definition) is 1. The average Bonchev–Trinajstić information content (AvgIpc) is 3.05. The zero-order valence-electron chi connectivity index (χ0n) is 25.4. The van der Waals surface area contributed by atoms with Gasteiger partial charge in [-0.3, -0.25) is 13.9 Å². The molecule has 8 nitrogen and oxygen atoms in total. The molecule has 0 unspecified atom stereocenters. The molecule has 0 heterocycles. The number of ether oxygens (including phenoxy) is 1. The molecule has 10 heteroatoms. The van der Waals surface area contributed by atoms with Crippen LogP contribution in [0.5, 0.6) is 11.5 Å². The van der Waals surface area contributed by atoms with Gasteiger partial charge in [0.1, 0.15) is 24.1 Å². The number of carbonyl (C=O) groups is 2. The summed E-state index contributed by atoms with van der Waals surface area (Å²) in [6.45, 7) is 3.81. The standard InChI is InChI=1S/C35H38ClN3O5S/c1-3-5-24-37-35(41)33(4-2)38(25-27-14-12-13-19-32(27)36)34(40)26-39(45(42,43)31-17-10-7-11-18-31)28-20-22-30(23-21-28)44-29-15-8-6-9-16-29/h6-23,33H,3-5,24-26H2,1-2H3,(H,37,41)/t33-/m1/s1. The Kier molecular flexibility index (Phi) is 12.0. The van der Waals surface area contributed by atoms with Crippen molar-refractivity contribution in [3.05, 3.63) is 120 Å². The molecule has 0 aliphatic heterocycles. The molecule has 4 aromatic rings. The van der Waals surface area contributed by atoms with E-state index in [0.29, 0.717) is 35.1 Å². The fraction of sp³-hybridized carbons (Fsp3) is 0.257. The summed E-state index contributed by atoms with van der Waals surface area (Å²) >= 11 is 6.47. The largest absolute Gasteiger partial charge is 0.457 e. The maximum atomic E-state index is 14.2. The lowest BCUT2D eigenvalue weighted by Gasteiger charge is -2.33. The van der Waals surface area contributed by atoms with Crippen molar-refractivity contribution in [2.24, 2.45) is 0 Å². The number of halogens is 1. The fourth-order valence-corrected chi connectivity index (χ4v) is 6.42. The number of anilines is 1. The summed E-state index contributed by atoms with van der Waals surface area (Å²) in [6.07, 6.45) is 2.03. The van der Waals surface area contributed by atoms with Gasteiger partial charge in [0.2, 0.25) is 11.8 Å². The molecule has 45 heavy (non-hydrogen) atoms. The normalized spacial score (nSPS) is 11.8. The van der Waals surface area contributed by atoms with E-state index in [4.69, 9.17) is 16.3 Å². The van der Waals surface area contributed by atoms with Crippen molar-refractivity contribution >= 4 is 39.1 Å². The van der Waals surface area contributed by atoms with Crippen molar-refractivity contribution in [3.8, 4) is 11.5 Å². The number of amides is 2. The number of para-hydroxylation sites is 1. The first kappa shape index (κ1) is 33.6. The highest BCUT2D eigenvalue weighted by atomic mass is 35.5. The van der Waals surface area contributed by atoms with E-state index in [-0.39, 0.29) is 23.0 Å². The quantitative estimate of drug-likeness (QED) is 0.140. The van der Waals surface area contributed by atoms with Crippen LogP contribution in [-0.4, -0.2) is 44.3 Å². The van der Waals surface area contributed by atoms with Gasteiger partial charge in [0.25, 0.3) is 10.0 Å². The Hall–Kier alpha value is -4.34. The third-order valence-corrected chi connectivity index (χ3v) is 9.38. The maximum Gasteiger partial charge on any atom is 0.264 e. The van der Waals surface area contributed by atoms with Crippen LogP contribution in [0.15, 0.2) is 114 Å². The third-order valence-electron chi connectivity index (χ3n) is 7.23. The Morgan fingerprint density at radius 3 is 2.04 bits per heavy atom. The van der Waals surface area contributed by atoms with Gasteiger partial charge in [-0.15, -0.1) is 0 Å². The van der Waals surface area contributed by atoms with Gasteiger partial charge in [-0.25, -0.2) is 8.42 Å². The molecule has 4 aromatic carbocycles. The second kappa shape index (κ2) is 16.1. The van der Waals surface area contributed by atoms with E-state index < -0.39 is 28.5 Å². The summed E-state index contributed by atoms with van der Waals surface area (Å²) in [5, 5.41) is 3.37. The van der Waals surface area contributed by atoms with Gasteiger partial charge >= 0.3 is 0 Å². The van der Waals surface area contributed by atoms with Crippen LogP contribution in [0, 0.1) is 0 Å².